The standard InChI is InChI=1S/C12H6BrF4N3/c13-7-3-1-6(2-4-7)5-18-20-10-8(14)11(16)19-12(17)9(10)15/h1-5H,(H,19,20). The van der Waals surface area contributed by atoms with Gasteiger partial charge in [0.15, 0.2) is 0 Å². The van der Waals surface area contributed by atoms with Crippen LogP contribution in [0.2, 0.25) is 0 Å². The molecule has 0 aliphatic heterocycles. The fourth-order valence-corrected chi connectivity index (χ4v) is 1.57. The van der Waals surface area contributed by atoms with Crippen molar-refractivity contribution in [1.82, 2.24) is 4.98 Å². The van der Waals surface area contributed by atoms with Crippen molar-refractivity contribution in [3.63, 3.8) is 0 Å². The Labute approximate surface area is 119 Å². The molecule has 0 aliphatic carbocycles. The van der Waals surface area contributed by atoms with Gasteiger partial charge in [0, 0.05) is 4.47 Å². The zero-order valence-electron chi connectivity index (χ0n) is 9.67. The smallest absolute Gasteiger partial charge is 0.254 e. The molecule has 1 heterocycles. The summed E-state index contributed by atoms with van der Waals surface area (Å²) in [5, 5.41) is 3.51. The van der Waals surface area contributed by atoms with Crippen LogP contribution in [0.25, 0.3) is 0 Å². The fourth-order valence-electron chi connectivity index (χ4n) is 1.31. The van der Waals surface area contributed by atoms with Crippen molar-refractivity contribution in [2.24, 2.45) is 5.10 Å². The van der Waals surface area contributed by atoms with Gasteiger partial charge in [0.1, 0.15) is 5.69 Å². The summed E-state index contributed by atoms with van der Waals surface area (Å²) in [7, 11) is 0. The van der Waals surface area contributed by atoms with Gasteiger partial charge in [-0.3, -0.25) is 5.43 Å². The third kappa shape index (κ3) is 3.13. The Kier molecular flexibility index (Phi) is 4.33. The van der Waals surface area contributed by atoms with E-state index in [1.165, 1.54) is 6.21 Å². The molecule has 3 nitrogen and oxygen atoms in total. The average Bonchev–Trinajstić information content (AvgIpc) is 2.42. The third-order valence-corrected chi connectivity index (χ3v) is 2.79. The van der Waals surface area contributed by atoms with Gasteiger partial charge in [-0.15, -0.1) is 0 Å². The van der Waals surface area contributed by atoms with Gasteiger partial charge in [0.05, 0.1) is 6.21 Å². The van der Waals surface area contributed by atoms with Crippen LogP contribution in [0.15, 0.2) is 33.8 Å². The maximum atomic E-state index is 13.2. The number of benzene rings is 1. The molecule has 2 rings (SSSR count). The van der Waals surface area contributed by atoms with Crippen LogP contribution in [0, 0.1) is 23.5 Å². The fraction of sp³-hybridized carbons (Fsp3) is 0. The van der Waals surface area contributed by atoms with Crippen molar-refractivity contribution in [1.29, 1.82) is 0 Å². The van der Waals surface area contributed by atoms with Crippen LogP contribution in [0.1, 0.15) is 5.56 Å². The minimum absolute atomic E-state index is 0.622. The molecule has 0 aliphatic rings. The predicted octanol–water partition coefficient (Wildman–Crippen LogP) is 3.85. The summed E-state index contributed by atoms with van der Waals surface area (Å²) in [5.74, 6) is -6.77. The number of halogens is 5. The number of pyridine rings is 1. The first-order valence-corrected chi connectivity index (χ1v) is 6.03. The highest BCUT2D eigenvalue weighted by Gasteiger charge is 2.20. The molecule has 0 unspecified atom stereocenters. The number of rotatable bonds is 3. The van der Waals surface area contributed by atoms with E-state index < -0.39 is 29.2 Å². The van der Waals surface area contributed by atoms with Gasteiger partial charge < -0.3 is 0 Å². The maximum absolute atomic E-state index is 13.2. The Morgan fingerprint density at radius 2 is 1.55 bits per heavy atom. The van der Waals surface area contributed by atoms with Crippen LogP contribution >= 0.6 is 15.9 Å². The number of hydrogen-bond acceptors (Lipinski definition) is 3. The molecule has 1 aromatic carbocycles. The van der Waals surface area contributed by atoms with E-state index >= 15 is 0 Å². The monoisotopic (exact) mass is 347 g/mol. The summed E-state index contributed by atoms with van der Waals surface area (Å²) in [5.41, 5.74) is 1.50. The first-order chi connectivity index (χ1) is 9.49. The minimum atomic E-state index is -1.75. The van der Waals surface area contributed by atoms with Gasteiger partial charge in [0.2, 0.25) is 11.6 Å². The van der Waals surface area contributed by atoms with Crippen LogP contribution in [-0.4, -0.2) is 11.2 Å². The van der Waals surface area contributed by atoms with E-state index in [0.717, 1.165) is 4.47 Å². The van der Waals surface area contributed by atoms with Crippen molar-refractivity contribution in [2.75, 3.05) is 5.43 Å². The molecule has 2 aromatic rings. The Morgan fingerprint density at radius 3 is 2.10 bits per heavy atom. The number of hydrazone groups is 1. The second-order valence-electron chi connectivity index (χ2n) is 3.62. The van der Waals surface area contributed by atoms with Gasteiger partial charge in [-0.2, -0.15) is 27.6 Å². The molecule has 1 N–H and O–H groups in total. The molecule has 0 amide bonds. The Morgan fingerprint density at radius 1 is 1.00 bits per heavy atom. The Balaban J connectivity index is 2.21. The van der Waals surface area contributed by atoms with Gasteiger partial charge in [0.25, 0.3) is 11.9 Å². The summed E-state index contributed by atoms with van der Waals surface area (Å²) in [4.78, 5) is 2.43. The van der Waals surface area contributed by atoms with Gasteiger partial charge >= 0.3 is 0 Å². The van der Waals surface area contributed by atoms with Crippen molar-refractivity contribution < 1.29 is 17.6 Å². The molecule has 8 heteroatoms. The highest BCUT2D eigenvalue weighted by Crippen LogP contribution is 2.21. The van der Waals surface area contributed by atoms with E-state index in [0.29, 0.717) is 5.56 Å². The number of anilines is 1. The number of nitrogens with zero attached hydrogens (tertiary/aromatic N) is 2. The predicted molar refractivity (Wildman–Crippen MR) is 69.4 cm³/mol. The highest BCUT2D eigenvalue weighted by atomic mass is 79.9. The van der Waals surface area contributed by atoms with Crippen LogP contribution in [0.5, 0.6) is 0 Å². The lowest BCUT2D eigenvalue weighted by atomic mass is 10.2. The molecule has 0 saturated heterocycles. The topological polar surface area (TPSA) is 37.3 Å². The largest absolute Gasteiger partial charge is 0.272 e. The zero-order valence-corrected chi connectivity index (χ0v) is 11.3. The summed E-state index contributed by atoms with van der Waals surface area (Å²) < 4.78 is 53.0. The van der Waals surface area contributed by atoms with E-state index in [1.807, 2.05) is 5.43 Å². The summed E-state index contributed by atoms with van der Waals surface area (Å²) >= 11 is 3.24. The molecule has 104 valence electrons. The summed E-state index contributed by atoms with van der Waals surface area (Å²) in [6.45, 7) is 0. The van der Waals surface area contributed by atoms with Crippen LogP contribution in [0.4, 0.5) is 23.2 Å². The molecule has 0 radical (unpaired) electrons. The lowest BCUT2D eigenvalue weighted by Crippen LogP contribution is -2.05. The van der Waals surface area contributed by atoms with Gasteiger partial charge in [-0.05, 0) is 17.7 Å². The van der Waals surface area contributed by atoms with E-state index in [2.05, 4.69) is 26.0 Å². The van der Waals surface area contributed by atoms with Crippen molar-refractivity contribution in [2.45, 2.75) is 0 Å². The quantitative estimate of drug-likeness (QED) is 0.396. The molecule has 0 fully saturated rings. The Hall–Kier alpha value is -1.96. The van der Waals surface area contributed by atoms with E-state index in [-0.39, 0.29) is 0 Å². The van der Waals surface area contributed by atoms with Crippen LogP contribution < -0.4 is 5.43 Å². The highest BCUT2D eigenvalue weighted by molar-refractivity contribution is 9.10. The minimum Gasteiger partial charge on any atom is -0.272 e. The molecule has 20 heavy (non-hydrogen) atoms. The number of hydrogen-bond donors (Lipinski definition) is 1. The van der Waals surface area contributed by atoms with Crippen molar-refractivity contribution >= 4 is 27.8 Å². The average molecular weight is 348 g/mol. The normalized spacial score (nSPS) is 11.1. The molecule has 0 atom stereocenters. The van der Waals surface area contributed by atoms with Crippen LogP contribution in [0.3, 0.4) is 0 Å². The summed E-state index contributed by atoms with van der Waals surface area (Å²) in [6.07, 6.45) is 1.24. The molecular formula is C12H6BrF4N3. The van der Waals surface area contributed by atoms with E-state index in [9.17, 15) is 17.6 Å². The third-order valence-electron chi connectivity index (χ3n) is 2.26. The molecule has 0 bridgehead atoms. The second kappa shape index (κ2) is 6.00. The molecule has 0 spiro atoms. The van der Waals surface area contributed by atoms with E-state index in [1.54, 1.807) is 24.3 Å². The second-order valence-corrected chi connectivity index (χ2v) is 4.53. The Bertz CT molecular complexity index is 632. The lowest BCUT2D eigenvalue weighted by molar-refractivity contribution is 0.411. The van der Waals surface area contributed by atoms with Gasteiger partial charge in [-0.25, -0.2) is 0 Å². The molecule has 1 aromatic heterocycles. The number of nitrogens with one attached hydrogen (secondary N) is 1. The van der Waals surface area contributed by atoms with Crippen LogP contribution in [-0.2, 0) is 0 Å². The maximum Gasteiger partial charge on any atom is 0.254 e. The SMILES string of the molecule is Fc1nc(F)c(F)c(NN=Cc2ccc(Br)cc2)c1F. The molecule has 0 saturated carbocycles. The lowest BCUT2D eigenvalue weighted by Gasteiger charge is -2.04. The van der Waals surface area contributed by atoms with Crippen molar-refractivity contribution in [3.8, 4) is 0 Å². The van der Waals surface area contributed by atoms with Crippen molar-refractivity contribution in [3.05, 3.63) is 57.8 Å². The first-order valence-electron chi connectivity index (χ1n) is 5.23. The first kappa shape index (κ1) is 14.4. The summed E-state index contributed by atoms with van der Waals surface area (Å²) in [6, 6.07) is 6.81. The number of aromatic nitrogens is 1. The molecular weight excluding hydrogens is 342 g/mol. The zero-order chi connectivity index (χ0) is 14.7. The van der Waals surface area contributed by atoms with Gasteiger partial charge in [-0.1, -0.05) is 28.1 Å². The van der Waals surface area contributed by atoms with E-state index in [4.69, 9.17) is 0 Å².